The Balaban J connectivity index is -0.000001000. The van der Waals surface area contributed by atoms with Crippen LogP contribution in [0.15, 0.2) is 59.3 Å². The van der Waals surface area contributed by atoms with Gasteiger partial charge < -0.3 is 29.7 Å². The van der Waals surface area contributed by atoms with Gasteiger partial charge in [-0.15, -0.1) is 0 Å². The minimum Gasteiger partial charge on any atom is -1.00 e. The molecule has 2 rings (SSSR count). The van der Waals surface area contributed by atoms with E-state index in [0.29, 0.717) is 0 Å². The van der Waals surface area contributed by atoms with Crippen LogP contribution in [0.5, 0.6) is 0 Å². The van der Waals surface area contributed by atoms with Gasteiger partial charge in [0.25, 0.3) is 0 Å². The average molecular weight is 390 g/mol. The van der Waals surface area contributed by atoms with Gasteiger partial charge in [-0.25, -0.2) is 0 Å². The van der Waals surface area contributed by atoms with Gasteiger partial charge in [0, 0.05) is 29.0 Å². The van der Waals surface area contributed by atoms with Crippen molar-refractivity contribution in [2.45, 2.75) is 0 Å². The topological polar surface area (TPSA) is 16.1 Å². The average Bonchev–Trinajstić information content (AvgIpc) is 2.42. The van der Waals surface area contributed by atoms with Crippen molar-refractivity contribution in [3.63, 3.8) is 0 Å². The summed E-state index contributed by atoms with van der Waals surface area (Å²) in [5, 5.41) is 0. The van der Waals surface area contributed by atoms with Crippen molar-refractivity contribution in [1.82, 2.24) is 9.88 Å². The zero-order chi connectivity index (χ0) is 13.7. The molecule has 1 aromatic heterocycles. The van der Waals surface area contributed by atoms with Gasteiger partial charge in [0.2, 0.25) is 0 Å². The number of hydrogen-bond donors (Lipinski definition) is 0. The zero-order valence-corrected chi connectivity index (χ0v) is 15.0. The third-order valence-electron chi connectivity index (χ3n) is 2.79. The van der Waals surface area contributed by atoms with Crippen molar-refractivity contribution in [2.75, 3.05) is 20.6 Å². The Hall–Kier alpha value is -0.870. The Morgan fingerprint density at radius 3 is 2.33 bits per heavy atom. The normalized spacial score (nSPS) is 10.8. The van der Waals surface area contributed by atoms with E-state index in [1.165, 1.54) is 11.1 Å². The number of hydrogen-bond acceptors (Lipinski definition) is 2. The number of pyridine rings is 1. The fourth-order valence-electron chi connectivity index (χ4n) is 1.83. The fourth-order valence-corrected chi connectivity index (χ4v) is 2.09. The molecule has 1 aromatic carbocycles. The molecule has 0 spiro atoms. The summed E-state index contributed by atoms with van der Waals surface area (Å²) in [6.45, 7) is 0.903. The molecule has 0 aliphatic heterocycles. The predicted octanol–water partition coefficient (Wildman–Crippen LogP) is -1.93. The minimum atomic E-state index is 0. The van der Waals surface area contributed by atoms with E-state index < -0.39 is 0 Å². The molecule has 1 heterocycles. The molecule has 5 heteroatoms. The maximum atomic E-state index is 4.21. The number of benzene rings is 1. The van der Waals surface area contributed by atoms with Crippen molar-refractivity contribution in [1.29, 1.82) is 0 Å². The molecular formula is C16H19BrCl2N2. The minimum absolute atomic E-state index is 0. The molecule has 0 fully saturated rings. The van der Waals surface area contributed by atoms with Gasteiger partial charge in [-0.2, -0.15) is 0 Å². The molecule has 114 valence electrons. The maximum Gasteiger partial charge on any atom is 1.00 e. The van der Waals surface area contributed by atoms with Gasteiger partial charge in [0.05, 0.1) is 0 Å². The van der Waals surface area contributed by atoms with Crippen LogP contribution in [-0.2, 0) is 0 Å². The first-order valence-electron chi connectivity index (χ1n) is 6.18. The molecule has 0 saturated heterocycles. The summed E-state index contributed by atoms with van der Waals surface area (Å²) in [6, 6.07) is 12.4. The highest BCUT2D eigenvalue weighted by atomic mass is 79.9. The van der Waals surface area contributed by atoms with E-state index in [9.17, 15) is 0 Å². The first-order valence-corrected chi connectivity index (χ1v) is 6.97. The molecule has 0 aliphatic carbocycles. The summed E-state index contributed by atoms with van der Waals surface area (Å²) < 4.78 is 1.09. The van der Waals surface area contributed by atoms with Gasteiger partial charge in [0.15, 0.2) is 0 Å². The SMILES string of the molecule is CN(C)C/C=C(/c1ccc(Br)cc1)c1cccnc1.[Cl-].[Cl-].[H+].[H+]. The predicted molar refractivity (Wildman–Crippen MR) is 86.2 cm³/mol. The van der Waals surface area contributed by atoms with E-state index in [1.54, 1.807) is 6.20 Å². The summed E-state index contributed by atoms with van der Waals surface area (Å²) in [4.78, 5) is 6.36. The van der Waals surface area contributed by atoms with Crippen LogP contribution in [0, 0.1) is 0 Å². The maximum absolute atomic E-state index is 4.21. The number of rotatable bonds is 4. The second-order valence-corrected chi connectivity index (χ2v) is 5.54. The molecule has 0 saturated carbocycles. The van der Waals surface area contributed by atoms with Gasteiger partial charge in [-0.05, 0) is 43.4 Å². The van der Waals surface area contributed by atoms with E-state index in [2.05, 4.69) is 76.3 Å². The van der Waals surface area contributed by atoms with Gasteiger partial charge >= 0.3 is 2.85 Å². The van der Waals surface area contributed by atoms with Crippen LogP contribution >= 0.6 is 15.9 Å². The lowest BCUT2D eigenvalue weighted by atomic mass is 9.99. The van der Waals surface area contributed by atoms with E-state index in [1.807, 2.05) is 12.3 Å². The summed E-state index contributed by atoms with van der Waals surface area (Å²) in [7, 11) is 4.14. The van der Waals surface area contributed by atoms with E-state index in [-0.39, 0.29) is 27.7 Å². The van der Waals surface area contributed by atoms with Gasteiger partial charge in [-0.3, -0.25) is 4.98 Å². The lowest BCUT2D eigenvalue weighted by Crippen LogP contribution is -3.00. The molecule has 0 atom stereocenters. The van der Waals surface area contributed by atoms with Crippen molar-refractivity contribution in [3.05, 3.63) is 70.5 Å². The van der Waals surface area contributed by atoms with Crippen LogP contribution in [0.1, 0.15) is 14.0 Å². The van der Waals surface area contributed by atoms with Crippen molar-refractivity contribution in [2.24, 2.45) is 0 Å². The smallest absolute Gasteiger partial charge is 1.00 e. The molecule has 0 aliphatic rings. The molecule has 0 N–H and O–H groups in total. The Morgan fingerprint density at radius 2 is 1.81 bits per heavy atom. The Kier molecular flexibility index (Phi) is 9.54. The standard InChI is InChI=1S/C16H17BrN2.2ClH/c1-19(2)11-9-16(14-4-3-10-18-12-14)13-5-7-15(17)8-6-13;;/h3-10,12H,11H2,1-2H3;2*1H/b16-9-;;. The van der Waals surface area contributed by atoms with Crippen LogP contribution in [0.2, 0.25) is 0 Å². The van der Waals surface area contributed by atoms with Crippen LogP contribution in [-0.4, -0.2) is 30.5 Å². The number of likely N-dealkylation sites (N-methyl/N-ethyl adjacent to an activating group) is 1. The molecule has 0 radical (unpaired) electrons. The molecule has 2 nitrogen and oxygen atoms in total. The molecule has 21 heavy (non-hydrogen) atoms. The summed E-state index contributed by atoms with van der Waals surface area (Å²) in [5.74, 6) is 0. The highest BCUT2D eigenvalue weighted by Crippen LogP contribution is 2.24. The van der Waals surface area contributed by atoms with Gasteiger partial charge in [-0.1, -0.05) is 40.2 Å². The second-order valence-electron chi connectivity index (χ2n) is 4.63. The number of aromatic nitrogens is 1. The molecular weight excluding hydrogens is 371 g/mol. The highest BCUT2D eigenvalue weighted by Gasteiger charge is 2.05. The lowest BCUT2D eigenvalue weighted by Gasteiger charge is -2.11. The highest BCUT2D eigenvalue weighted by molar-refractivity contribution is 9.10. The first-order chi connectivity index (χ1) is 9.16. The van der Waals surface area contributed by atoms with Gasteiger partial charge in [0.1, 0.15) is 0 Å². The Bertz CT molecular complexity index is 564. The van der Waals surface area contributed by atoms with Crippen LogP contribution in [0.3, 0.4) is 0 Å². The van der Waals surface area contributed by atoms with Crippen molar-refractivity contribution in [3.8, 4) is 0 Å². The third kappa shape index (κ3) is 6.18. The van der Waals surface area contributed by atoms with E-state index in [0.717, 1.165) is 16.6 Å². The van der Waals surface area contributed by atoms with Crippen LogP contribution in [0.4, 0.5) is 0 Å². The quantitative estimate of drug-likeness (QED) is 0.605. The second kappa shape index (κ2) is 9.96. The van der Waals surface area contributed by atoms with Crippen molar-refractivity contribution >= 4 is 21.5 Å². The molecule has 0 amide bonds. The summed E-state index contributed by atoms with van der Waals surface area (Å²) >= 11 is 3.47. The number of nitrogens with zero attached hydrogens (tertiary/aromatic N) is 2. The monoisotopic (exact) mass is 388 g/mol. The van der Waals surface area contributed by atoms with Crippen LogP contribution < -0.4 is 24.8 Å². The number of halogens is 3. The summed E-state index contributed by atoms with van der Waals surface area (Å²) in [5.41, 5.74) is 3.57. The Labute approximate surface area is 150 Å². The van der Waals surface area contributed by atoms with Crippen molar-refractivity contribution < 1.29 is 27.7 Å². The van der Waals surface area contributed by atoms with E-state index >= 15 is 0 Å². The largest absolute Gasteiger partial charge is 1.00 e. The Morgan fingerprint density at radius 1 is 1.14 bits per heavy atom. The van der Waals surface area contributed by atoms with E-state index in [4.69, 9.17) is 0 Å². The molecule has 0 unspecified atom stereocenters. The summed E-state index contributed by atoms with van der Waals surface area (Å²) in [6.07, 6.45) is 5.94. The van der Waals surface area contributed by atoms with Crippen LogP contribution in [0.25, 0.3) is 5.57 Å². The fraction of sp³-hybridized carbons (Fsp3) is 0.188. The lowest BCUT2D eigenvalue weighted by molar-refractivity contribution is -0.001000. The molecule has 2 aromatic rings. The first kappa shape index (κ1) is 20.1. The third-order valence-corrected chi connectivity index (χ3v) is 3.32. The zero-order valence-electron chi connectivity index (χ0n) is 13.9. The molecule has 0 bridgehead atoms.